The topological polar surface area (TPSA) is 61.8 Å². The first-order chi connectivity index (χ1) is 13.5. The Kier molecular flexibility index (Phi) is 9.58. The number of aliphatic imine (C=N–C) groups is 1. The molecule has 2 amide bonds. The standard InChI is InChI=1S/C21H28ClN3O2S/c1-3-4-5-6-7-8-13-23-19(26)15-28-21-24-18(20(27)25(21)2)14-16-9-11-17(22)12-10-16/h9-12,14H,3-8,13,15H2,1-2H3,(H,23,26)/b18-14+. The Morgan fingerprint density at radius 1 is 1.18 bits per heavy atom. The highest BCUT2D eigenvalue weighted by atomic mass is 35.5. The Bertz CT molecular complexity index is 732. The molecule has 0 aromatic heterocycles. The summed E-state index contributed by atoms with van der Waals surface area (Å²) in [6.45, 7) is 2.91. The van der Waals surface area contributed by atoms with Gasteiger partial charge in [-0.25, -0.2) is 4.99 Å². The van der Waals surface area contributed by atoms with Gasteiger partial charge < -0.3 is 5.32 Å². The molecule has 0 saturated carbocycles. The summed E-state index contributed by atoms with van der Waals surface area (Å²) >= 11 is 7.16. The smallest absolute Gasteiger partial charge is 0.278 e. The molecule has 1 aliphatic rings. The molecule has 1 heterocycles. The predicted octanol–water partition coefficient (Wildman–Crippen LogP) is 4.72. The third-order valence-electron chi connectivity index (χ3n) is 4.39. The highest BCUT2D eigenvalue weighted by Crippen LogP contribution is 2.23. The average molecular weight is 422 g/mol. The van der Waals surface area contributed by atoms with E-state index in [4.69, 9.17) is 11.6 Å². The van der Waals surface area contributed by atoms with Crippen molar-refractivity contribution in [3.05, 3.63) is 40.5 Å². The van der Waals surface area contributed by atoms with E-state index in [0.717, 1.165) is 18.4 Å². The van der Waals surface area contributed by atoms with E-state index in [9.17, 15) is 9.59 Å². The number of hydrogen-bond acceptors (Lipinski definition) is 4. The molecule has 152 valence electrons. The zero-order valence-electron chi connectivity index (χ0n) is 16.5. The number of halogens is 1. The van der Waals surface area contributed by atoms with E-state index >= 15 is 0 Å². The van der Waals surface area contributed by atoms with Crippen molar-refractivity contribution in [1.29, 1.82) is 0 Å². The van der Waals surface area contributed by atoms with Gasteiger partial charge in [0.2, 0.25) is 5.91 Å². The van der Waals surface area contributed by atoms with Crippen molar-refractivity contribution < 1.29 is 9.59 Å². The van der Waals surface area contributed by atoms with Crippen LogP contribution in [0, 0.1) is 0 Å². The van der Waals surface area contributed by atoms with Crippen molar-refractivity contribution in [1.82, 2.24) is 10.2 Å². The number of carbonyl (C=O) groups excluding carboxylic acids is 2. The van der Waals surface area contributed by atoms with Crippen LogP contribution in [0.4, 0.5) is 0 Å². The molecule has 0 fully saturated rings. The third-order valence-corrected chi connectivity index (χ3v) is 5.67. The monoisotopic (exact) mass is 421 g/mol. The Balaban J connectivity index is 1.77. The fourth-order valence-corrected chi connectivity index (χ4v) is 3.67. The van der Waals surface area contributed by atoms with E-state index in [0.29, 0.717) is 22.4 Å². The van der Waals surface area contributed by atoms with Gasteiger partial charge in [0.1, 0.15) is 5.70 Å². The molecule has 2 rings (SSSR count). The van der Waals surface area contributed by atoms with Crippen molar-refractivity contribution in [2.45, 2.75) is 45.4 Å². The van der Waals surface area contributed by atoms with Gasteiger partial charge in [-0.2, -0.15) is 0 Å². The minimum Gasteiger partial charge on any atom is -0.355 e. The lowest BCUT2D eigenvalue weighted by atomic mass is 10.1. The molecule has 7 heteroatoms. The van der Waals surface area contributed by atoms with Crippen LogP contribution in [0.15, 0.2) is 35.0 Å². The molecule has 0 bridgehead atoms. The number of rotatable bonds is 10. The summed E-state index contributed by atoms with van der Waals surface area (Å²) in [7, 11) is 1.67. The van der Waals surface area contributed by atoms with Crippen LogP contribution in [-0.2, 0) is 9.59 Å². The second-order valence-corrected chi connectivity index (χ2v) is 8.13. The fraction of sp³-hybridized carbons (Fsp3) is 0.476. The largest absolute Gasteiger partial charge is 0.355 e. The summed E-state index contributed by atoms with van der Waals surface area (Å²) in [5.74, 6) is 0.0442. The molecule has 1 aromatic carbocycles. The number of likely N-dealkylation sites (N-methyl/N-ethyl adjacent to an activating group) is 1. The summed E-state index contributed by atoms with van der Waals surface area (Å²) in [5.41, 5.74) is 1.22. The van der Waals surface area contributed by atoms with Gasteiger partial charge >= 0.3 is 0 Å². The highest BCUT2D eigenvalue weighted by Gasteiger charge is 2.27. The molecule has 1 N–H and O–H groups in total. The lowest BCUT2D eigenvalue weighted by Crippen LogP contribution is -2.29. The normalized spacial score (nSPS) is 15.2. The summed E-state index contributed by atoms with van der Waals surface area (Å²) in [4.78, 5) is 30.2. The molecule has 0 spiro atoms. The van der Waals surface area contributed by atoms with E-state index < -0.39 is 0 Å². The third kappa shape index (κ3) is 7.32. The maximum atomic E-state index is 12.4. The average Bonchev–Trinajstić information content (AvgIpc) is 2.95. The van der Waals surface area contributed by atoms with E-state index in [1.807, 2.05) is 12.1 Å². The second kappa shape index (κ2) is 11.9. The molecule has 0 atom stereocenters. The molecule has 5 nitrogen and oxygen atoms in total. The fourth-order valence-electron chi connectivity index (χ4n) is 2.74. The van der Waals surface area contributed by atoms with Crippen LogP contribution in [0.1, 0.15) is 51.0 Å². The van der Waals surface area contributed by atoms with Gasteiger partial charge in [-0.3, -0.25) is 14.5 Å². The Morgan fingerprint density at radius 2 is 1.86 bits per heavy atom. The lowest BCUT2D eigenvalue weighted by Gasteiger charge is -2.10. The van der Waals surface area contributed by atoms with E-state index in [1.54, 1.807) is 25.3 Å². The maximum absolute atomic E-state index is 12.4. The highest BCUT2D eigenvalue weighted by molar-refractivity contribution is 8.14. The number of nitrogens with one attached hydrogen (secondary N) is 1. The van der Waals surface area contributed by atoms with Crippen LogP contribution in [0.2, 0.25) is 5.02 Å². The first-order valence-electron chi connectivity index (χ1n) is 9.74. The van der Waals surface area contributed by atoms with E-state index in [-0.39, 0.29) is 17.6 Å². The predicted molar refractivity (Wildman–Crippen MR) is 118 cm³/mol. The minimum atomic E-state index is -0.176. The van der Waals surface area contributed by atoms with Gasteiger partial charge in [0, 0.05) is 18.6 Å². The zero-order chi connectivity index (χ0) is 20.4. The van der Waals surface area contributed by atoms with Crippen molar-refractivity contribution in [3.63, 3.8) is 0 Å². The first-order valence-corrected chi connectivity index (χ1v) is 11.1. The van der Waals surface area contributed by atoms with Gasteiger partial charge in [-0.05, 0) is 30.2 Å². The summed E-state index contributed by atoms with van der Waals surface area (Å²) in [6, 6.07) is 7.20. The number of benzene rings is 1. The van der Waals surface area contributed by atoms with Crippen LogP contribution in [0.5, 0.6) is 0 Å². The van der Waals surface area contributed by atoms with Crippen LogP contribution < -0.4 is 5.32 Å². The van der Waals surface area contributed by atoms with Gasteiger partial charge in [0.25, 0.3) is 5.91 Å². The number of hydrogen-bond donors (Lipinski definition) is 1. The van der Waals surface area contributed by atoms with Crippen LogP contribution in [-0.4, -0.2) is 41.2 Å². The maximum Gasteiger partial charge on any atom is 0.278 e. The quantitative estimate of drug-likeness (QED) is 0.439. The first kappa shape index (κ1) is 22.5. The Labute approximate surface area is 176 Å². The second-order valence-electron chi connectivity index (χ2n) is 6.75. The van der Waals surface area contributed by atoms with Gasteiger partial charge in [-0.1, -0.05) is 74.5 Å². The summed E-state index contributed by atoms with van der Waals surface area (Å²) in [5, 5.41) is 4.12. The molecule has 28 heavy (non-hydrogen) atoms. The number of carbonyl (C=O) groups is 2. The molecule has 0 radical (unpaired) electrons. The zero-order valence-corrected chi connectivity index (χ0v) is 18.1. The number of amidine groups is 1. The van der Waals surface area contributed by atoms with Crippen LogP contribution >= 0.6 is 23.4 Å². The summed E-state index contributed by atoms with van der Waals surface area (Å²) < 4.78 is 0. The van der Waals surface area contributed by atoms with E-state index in [2.05, 4.69) is 17.2 Å². The number of nitrogens with zero attached hydrogens (tertiary/aromatic N) is 2. The molecule has 0 saturated heterocycles. The van der Waals surface area contributed by atoms with Gasteiger partial charge in [0.15, 0.2) is 5.17 Å². The van der Waals surface area contributed by atoms with Crippen molar-refractivity contribution >= 4 is 46.4 Å². The molecule has 1 aromatic rings. The lowest BCUT2D eigenvalue weighted by molar-refractivity contribution is -0.121. The van der Waals surface area contributed by atoms with E-state index in [1.165, 1.54) is 42.3 Å². The number of thioether (sulfide) groups is 1. The Hall–Kier alpha value is -1.79. The van der Waals surface area contributed by atoms with Gasteiger partial charge in [-0.15, -0.1) is 0 Å². The van der Waals surface area contributed by atoms with Crippen LogP contribution in [0.3, 0.4) is 0 Å². The molecular weight excluding hydrogens is 394 g/mol. The number of amides is 2. The summed E-state index contributed by atoms with van der Waals surface area (Å²) in [6.07, 6.45) is 8.90. The molecule has 0 unspecified atom stereocenters. The van der Waals surface area contributed by atoms with Crippen LogP contribution in [0.25, 0.3) is 6.08 Å². The van der Waals surface area contributed by atoms with Crippen molar-refractivity contribution in [2.24, 2.45) is 4.99 Å². The van der Waals surface area contributed by atoms with Gasteiger partial charge in [0.05, 0.1) is 5.75 Å². The Morgan fingerprint density at radius 3 is 2.57 bits per heavy atom. The number of unbranched alkanes of at least 4 members (excludes halogenated alkanes) is 5. The molecule has 0 aliphatic carbocycles. The molecular formula is C21H28ClN3O2S. The SMILES string of the molecule is CCCCCCCCNC(=O)CSC1=N/C(=C/c2ccc(Cl)cc2)C(=O)N1C. The molecule has 1 aliphatic heterocycles. The minimum absolute atomic E-state index is 0.0303. The van der Waals surface area contributed by atoms with Crippen molar-refractivity contribution in [2.75, 3.05) is 19.3 Å². The van der Waals surface area contributed by atoms with Crippen molar-refractivity contribution in [3.8, 4) is 0 Å².